The van der Waals surface area contributed by atoms with Crippen LogP contribution in [0.5, 0.6) is 0 Å². The van der Waals surface area contributed by atoms with Crippen LogP contribution < -0.4 is 16.0 Å². The lowest BCUT2D eigenvalue weighted by Crippen LogP contribution is -2.24. The third kappa shape index (κ3) is 4.72. The van der Waals surface area contributed by atoms with Gasteiger partial charge in [0.05, 0.1) is 17.5 Å². The van der Waals surface area contributed by atoms with Crippen molar-refractivity contribution in [1.82, 2.24) is 36.0 Å². The van der Waals surface area contributed by atoms with E-state index >= 15 is 4.39 Å². The van der Waals surface area contributed by atoms with Gasteiger partial charge in [-0.15, -0.1) is 0 Å². The number of carbonyl (C=O) groups excluding carboxylic acids is 1. The number of nitrogens with zero attached hydrogens (tertiary/aromatic N) is 4. The molecule has 3 aromatic heterocycles. The molecule has 182 valence electrons. The molecule has 0 saturated carbocycles. The number of halogens is 1. The summed E-state index contributed by atoms with van der Waals surface area (Å²) in [5.41, 5.74) is 1.63. The molecule has 5 rings (SSSR count). The Kier molecular flexibility index (Phi) is 5.93. The molecule has 1 amide bonds. The Morgan fingerprint density at radius 3 is 2.86 bits per heavy atom. The number of pyridine rings is 1. The maximum Gasteiger partial charge on any atom is 0.254 e. The number of hydrogen-bond donors (Lipinski definition) is 4. The first-order chi connectivity index (χ1) is 16.8. The van der Waals surface area contributed by atoms with E-state index in [9.17, 15) is 4.79 Å². The summed E-state index contributed by atoms with van der Waals surface area (Å²) in [7, 11) is 0. The second-order valence-electron chi connectivity index (χ2n) is 9.63. The van der Waals surface area contributed by atoms with Crippen LogP contribution in [0.3, 0.4) is 0 Å². The molecule has 35 heavy (non-hydrogen) atoms. The van der Waals surface area contributed by atoms with Gasteiger partial charge in [-0.05, 0) is 42.3 Å². The van der Waals surface area contributed by atoms with Crippen molar-refractivity contribution in [2.24, 2.45) is 0 Å². The van der Waals surface area contributed by atoms with Crippen LogP contribution in [0, 0.1) is 5.82 Å². The fourth-order valence-corrected chi connectivity index (χ4v) is 4.02. The van der Waals surface area contributed by atoms with E-state index in [4.69, 9.17) is 4.52 Å². The zero-order chi connectivity index (χ0) is 24.6. The molecule has 1 aliphatic rings. The molecule has 1 aliphatic heterocycles. The molecule has 0 aliphatic carbocycles. The van der Waals surface area contributed by atoms with E-state index < -0.39 is 11.7 Å². The number of nitrogens with one attached hydrogen (secondary N) is 4. The number of anilines is 1. The summed E-state index contributed by atoms with van der Waals surface area (Å²) in [5, 5.41) is 21.4. The Morgan fingerprint density at radius 1 is 1.29 bits per heavy atom. The average Bonchev–Trinajstić information content (AvgIpc) is 3.59. The third-order valence-corrected chi connectivity index (χ3v) is 5.90. The van der Waals surface area contributed by atoms with E-state index in [2.05, 4.69) is 41.3 Å². The normalized spacial score (nSPS) is 16.1. The zero-order valence-corrected chi connectivity index (χ0v) is 19.8. The van der Waals surface area contributed by atoms with Gasteiger partial charge in [0.25, 0.3) is 5.91 Å². The number of aromatic nitrogens is 5. The predicted molar refractivity (Wildman–Crippen MR) is 128 cm³/mol. The Balaban J connectivity index is 1.35. The van der Waals surface area contributed by atoms with Crippen molar-refractivity contribution in [2.45, 2.75) is 45.2 Å². The van der Waals surface area contributed by atoms with Crippen LogP contribution in [0.15, 0.2) is 35.0 Å². The van der Waals surface area contributed by atoms with Crippen LogP contribution in [0.4, 0.5) is 10.2 Å². The van der Waals surface area contributed by atoms with Gasteiger partial charge in [0, 0.05) is 24.2 Å². The quantitative estimate of drug-likeness (QED) is 0.332. The average molecular weight is 479 g/mol. The van der Waals surface area contributed by atoms with Gasteiger partial charge >= 0.3 is 0 Å². The highest BCUT2D eigenvalue weighted by atomic mass is 19.1. The van der Waals surface area contributed by atoms with Gasteiger partial charge in [0.1, 0.15) is 5.82 Å². The van der Waals surface area contributed by atoms with E-state index in [1.807, 2.05) is 26.8 Å². The molecule has 1 fully saturated rings. The van der Waals surface area contributed by atoms with Crippen molar-refractivity contribution >= 4 is 22.8 Å². The minimum Gasteiger partial charge on any atom is -0.364 e. The monoisotopic (exact) mass is 478 g/mol. The molecule has 4 aromatic rings. The molecule has 0 bridgehead atoms. The van der Waals surface area contributed by atoms with Gasteiger partial charge in [-0.2, -0.15) is 10.1 Å². The minimum atomic E-state index is -0.633. The van der Waals surface area contributed by atoms with Crippen LogP contribution in [-0.4, -0.2) is 50.4 Å². The largest absolute Gasteiger partial charge is 0.364 e. The molecule has 11 heteroatoms. The SMILES string of the molecule is CC(C)(C)c1nc(CNC(=O)c2ccc(-c3ccnc4[nH]nc(NC5CCNC5)c34)cc2F)no1. The van der Waals surface area contributed by atoms with Crippen LogP contribution in [-0.2, 0) is 12.0 Å². The topological polar surface area (TPSA) is 134 Å². The summed E-state index contributed by atoms with van der Waals surface area (Å²) in [4.78, 5) is 21.3. The van der Waals surface area contributed by atoms with Crippen molar-refractivity contribution < 1.29 is 13.7 Å². The highest BCUT2D eigenvalue weighted by Crippen LogP contribution is 2.33. The van der Waals surface area contributed by atoms with E-state index in [0.29, 0.717) is 28.7 Å². The molecular weight excluding hydrogens is 451 g/mol. The van der Waals surface area contributed by atoms with Crippen molar-refractivity contribution in [3.63, 3.8) is 0 Å². The first-order valence-electron chi connectivity index (χ1n) is 11.5. The highest BCUT2D eigenvalue weighted by Gasteiger charge is 2.23. The number of H-pyrrole nitrogens is 1. The summed E-state index contributed by atoms with van der Waals surface area (Å²) in [6.45, 7) is 7.68. The molecule has 0 radical (unpaired) electrons. The predicted octanol–water partition coefficient (Wildman–Crippen LogP) is 3.15. The summed E-state index contributed by atoms with van der Waals surface area (Å²) < 4.78 is 20.3. The summed E-state index contributed by atoms with van der Waals surface area (Å²) in [6.07, 6.45) is 2.63. The van der Waals surface area contributed by atoms with Crippen LogP contribution >= 0.6 is 0 Å². The summed E-state index contributed by atoms with van der Waals surface area (Å²) >= 11 is 0. The standard InChI is InChI=1S/C24H27FN8O2/c1-24(2,3)23-30-18(33-35-23)12-28-22(34)16-5-4-13(10-17(16)25)15-7-9-27-20-19(15)21(32-31-20)29-14-6-8-26-11-14/h4-5,7,9-10,14,26H,6,8,11-12H2,1-3H3,(H,28,34)(H2,27,29,31,32). The number of rotatable bonds is 6. The Bertz CT molecular complexity index is 1370. The molecule has 4 N–H and O–H groups in total. The van der Waals surface area contributed by atoms with Gasteiger partial charge in [-0.3, -0.25) is 9.89 Å². The van der Waals surface area contributed by atoms with Gasteiger partial charge in [0.2, 0.25) is 5.89 Å². The van der Waals surface area contributed by atoms with Crippen molar-refractivity contribution in [3.8, 4) is 11.1 Å². The fourth-order valence-electron chi connectivity index (χ4n) is 4.02. The third-order valence-electron chi connectivity index (χ3n) is 5.90. The highest BCUT2D eigenvalue weighted by molar-refractivity contribution is 6.01. The molecule has 0 spiro atoms. The maximum absolute atomic E-state index is 15.1. The van der Waals surface area contributed by atoms with Crippen LogP contribution in [0.1, 0.15) is 49.3 Å². The summed E-state index contributed by atoms with van der Waals surface area (Å²) in [6, 6.07) is 6.61. The van der Waals surface area contributed by atoms with Crippen molar-refractivity contribution in [2.75, 3.05) is 18.4 Å². The second-order valence-corrected chi connectivity index (χ2v) is 9.63. The molecule has 10 nitrogen and oxygen atoms in total. The molecule has 1 atom stereocenters. The molecule has 1 unspecified atom stereocenters. The number of benzene rings is 1. The molecular formula is C24H27FN8O2. The first-order valence-corrected chi connectivity index (χ1v) is 11.5. The van der Waals surface area contributed by atoms with Crippen molar-refractivity contribution in [1.29, 1.82) is 0 Å². The Labute approximate surface area is 201 Å². The minimum absolute atomic E-state index is 0.0324. The maximum atomic E-state index is 15.1. The molecule has 1 aromatic carbocycles. The number of aromatic amines is 1. The Hall–Kier alpha value is -3.86. The first kappa shape index (κ1) is 22.9. The lowest BCUT2D eigenvalue weighted by Gasteiger charge is -2.12. The smallest absolute Gasteiger partial charge is 0.254 e. The number of hydrogen-bond acceptors (Lipinski definition) is 8. The zero-order valence-electron chi connectivity index (χ0n) is 19.8. The van der Waals surface area contributed by atoms with Crippen molar-refractivity contribution in [3.05, 3.63) is 53.6 Å². The lowest BCUT2D eigenvalue weighted by atomic mass is 9.97. The van der Waals surface area contributed by atoms with Gasteiger partial charge < -0.3 is 20.5 Å². The molecule has 1 saturated heterocycles. The van der Waals surface area contributed by atoms with Crippen LogP contribution in [0.2, 0.25) is 0 Å². The van der Waals surface area contributed by atoms with Gasteiger partial charge in [-0.25, -0.2) is 9.37 Å². The van der Waals surface area contributed by atoms with Crippen LogP contribution in [0.25, 0.3) is 22.2 Å². The van der Waals surface area contributed by atoms with Gasteiger partial charge in [-0.1, -0.05) is 32.0 Å². The van der Waals surface area contributed by atoms with E-state index in [0.717, 1.165) is 30.5 Å². The fraction of sp³-hybridized carbons (Fsp3) is 0.375. The Morgan fingerprint density at radius 2 is 2.14 bits per heavy atom. The van der Waals surface area contributed by atoms with E-state index in [1.54, 1.807) is 12.3 Å². The van der Waals surface area contributed by atoms with E-state index in [-0.39, 0.29) is 23.6 Å². The number of carbonyl (C=O) groups is 1. The van der Waals surface area contributed by atoms with Gasteiger partial charge in [0.15, 0.2) is 17.3 Å². The number of fused-ring (bicyclic) bond motifs is 1. The van der Waals surface area contributed by atoms with E-state index in [1.165, 1.54) is 12.1 Å². The summed E-state index contributed by atoms with van der Waals surface area (Å²) in [5.74, 6) is 0.283. The molecule has 4 heterocycles. The lowest BCUT2D eigenvalue weighted by molar-refractivity contribution is 0.0945. The number of amides is 1. The second kappa shape index (κ2) is 9.06.